The molecule has 2 aromatic rings. The van der Waals surface area contributed by atoms with Crippen molar-refractivity contribution in [3.63, 3.8) is 0 Å². The first kappa shape index (κ1) is 22.0. The lowest BCUT2D eigenvalue weighted by atomic mass is 10.1. The van der Waals surface area contributed by atoms with Gasteiger partial charge in [-0.3, -0.25) is 9.59 Å². The summed E-state index contributed by atoms with van der Waals surface area (Å²) < 4.78 is 39.6. The maximum absolute atomic E-state index is 13.2. The van der Waals surface area contributed by atoms with E-state index in [0.717, 1.165) is 49.3 Å². The van der Waals surface area contributed by atoms with Gasteiger partial charge >= 0.3 is 6.18 Å². The predicted octanol–water partition coefficient (Wildman–Crippen LogP) is 4.27. The van der Waals surface area contributed by atoms with Crippen LogP contribution in [0, 0.1) is 0 Å². The van der Waals surface area contributed by atoms with Crippen LogP contribution in [0.25, 0.3) is 0 Å². The van der Waals surface area contributed by atoms with E-state index in [-0.39, 0.29) is 18.4 Å². The van der Waals surface area contributed by atoms with Crippen LogP contribution in [-0.2, 0) is 22.2 Å². The fourth-order valence-electron chi connectivity index (χ4n) is 4.28. The number of carbonyl (C=O) groups excluding carboxylic acids is 2. The Labute approximate surface area is 184 Å². The number of hydrogen-bond donors (Lipinski definition) is 2. The zero-order chi connectivity index (χ0) is 22.9. The third kappa shape index (κ3) is 4.66. The number of benzene rings is 2. The first-order valence-corrected chi connectivity index (χ1v) is 10.6. The normalized spacial score (nSPS) is 15.6. The molecule has 6 nitrogen and oxygen atoms in total. The molecule has 0 spiro atoms. The minimum Gasteiger partial charge on any atom is -0.374 e. The molecule has 0 aliphatic carbocycles. The van der Waals surface area contributed by atoms with E-state index >= 15 is 0 Å². The summed E-state index contributed by atoms with van der Waals surface area (Å²) in [7, 11) is 0. The van der Waals surface area contributed by atoms with E-state index in [1.165, 1.54) is 13.0 Å². The van der Waals surface area contributed by atoms with Crippen LogP contribution in [0.3, 0.4) is 0 Å². The Morgan fingerprint density at radius 2 is 1.72 bits per heavy atom. The number of carbonyl (C=O) groups is 2. The lowest BCUT2D eigenvalue weighted by molar-refractivity contribution is -0.137. The molecule has 170 valence electrons. The van der Waals surface area contributed by atoms with Gasteiger partial charge < -0.3 is 20.4 Å². The van der Waals surface area contributed by atoms with Crippen LogP contribution in [0.1, 0.15) is 30.9 Å². The second-order valence-electron chi connectivity index (χ2n) is 8.09. The van der Waals surface area contributed by atoms with Crippen molar-refractivity contribution in [2.75, 3.05) is 46.6 Å². The molecule has 4 rings (SSSR count). The van der Waals surface area contributed by atoms with Gasteiger partial charge in [-0.1, -0.05) is 0 Å². The Balaban J connectivity index is 1.45. The lowest BCUT2D eigenvalue weighted by Gasteiger charge is -2.23. The topological polar surface area (TPSA) is 64.7 Å². The van der Waals surface area contributed by atoms with Crippen molar-refractivity contribution in [2.45, 2.75) is 32.4 Å². The Morgan fingerprint density at radius 1 is 1.00 bits per heavy atom. The molecule has 0 radical (unpaired) electrons. The molecule has 2 heterocycles. The molecular formula is C23H25F3N4O2. The summed E-state index contributed by atoms with van der Waals surface area (Å²) in [4.78, 5) is 27.9. The highest BCUT2D eigenvalue weighted by Crippen LogP contribution is 2.36. The van der Waals surface area contributed by atoms with Gasteiger partial charge in [0.15, 0.2) is 0 Å². The van der Waals surface area contributed by atoms with Crippen LogP contribution in [0.15, 0.2) is 36.4 Å². The van der Waals surface area contributed by atoms with Gasteiger partial charge in [-0.25, -0.2) is 0 Å². The molecule has 0 atom stereocenters. The molecule has 1 fully saturated rings. The van der Waals surface area contributed by atoms with Crippen molar-refractivity contribution in [3.8, 4) is 0 Å². The monoisotopic (exact) mass is 446 g/mol. The quantitative estimate of drug-likeness (QED) is 0.720. The summed E-state index contributed by atoms with van der Waals surface area (Å²) in [6.07, 6.45) is -1.78. The fourth-order valence-corrected chi connectivity index (χ4v) is 4.28. The SMILES string of the molecule is CC(=O)N1CCc2cc(NC(=O)CNc3cc(C(F)(F)F)ccc3N3CCCC3)ccc21. The van der Waals surface area contributed by atoms with Gasteiger partial charge in [0.25, 0.3) is 0 Å². The van der Waals surface area contributed by atoms with E-state index in [0.29, 0.717) is 30.0 Å². The zero-order valence-electron chi connectivity index (χ0n) is 17.8. The molecule has 0 unspecified atom stereocenters. The van der Waals surface area contributed by atoms with E-state index in [2.05, 4.69) is 10.6 Å². The Kier molecular flexibility index (Phi) is 5.99. The van der Waals surface area contributed by atoms with Crippen LogP contribution in [-0.4, -0.2) is 38.0 Å². The van der Waals surface area contributed by atoms with Crippen LogP contribution in [0.5, 0.6) is 0 Å². The van der Waals surface area contributed by atoms with Crippen molar-refractivity contribution < 1.29 is 22.8 Å². The highest BCUT2D eigenvalue weighted by atomic mass is 19.4. The van der Waals surface area contributed by atoms with Crippen molar-refractivity contribution >= 4 is 34.6 Å². The molecule has 2 aliphatic heterocycles. The summed E-state index contributed by atoms with van der Waals surface area (Å²) in [6, 6.07) is 8.95. The van der Waals surface area contributed by atoms with E-state index < -0.39 is 11.7 Å². The first-order chi connectivity index (χ1) is 15.2. The minimum atomic E-state index is -4.46. The van der Waals surface area contributed by atoms with E-state index in [1.807, 2.05) is 11.0 Å². The molecule has 0 saturated carbocycles. The number of halogens is 3. The lowest BCUT2D eigenvalue weighted by Crippen LogP contribution is -2.25. The summed E-state index contributed by atoms with van der Waals surface area (Å²) in [5.41, 5.74) is 2.61. The maximum Gasteiger partial charge on any atom is 0.416 e. The van der Waals surface area contributed by atoms with Crippen molar-refractivity contribution in [1.82, 2.24) is 0 Å². The van der Waals surface area contributed by atoms with E-state index in [1.54, 1.807) is 17.0 Å². The van der Waals surface area contributed by atoms with Crippen molar-refractivity contribution in [3.05, 3.63) is 47.5 Å². The highest BCUT2D eigenvalue weighted by molar-refractivity contribution is 5.97. The molecule has 1 saturated heterocycles. The smallest absolute Gasteiger partial charge is 0.374 e. The minimum absolute atomic E-state index is 0.0281. The zero-order valence-corrected chi connectivity index (χ0v) is 17.8. The largest absolute Gasteiger partial charge is 0.416 e. The van der Waals surface area contributed by atoms with Crippen molar-refractivity contribution in [1.29, 1.82) is 0 Å². The standard InChI is InChI=1S/C23H25F3N4O2/c1-15(31)30-11-8-16-12-18(5-7-20(16)30)28-22(32)14-27-19-13-17(23(24,25)26)4-6-21(19)29-9-2-3-10-29/h4-7,12-13,27H,2-3,8-11,14H2,1H3,(H,28,32). The number of alkyl halides is 3. The highest BCUT2D eigenvalue weighted by Gasteiger charge is 2.32. The number of rotatable bonds is 5. The Morgan fingerprint density at radius 3 is 2.41 bits per heavy atom. The summed E-state index contributed by atoms with van der Waals surface area (Å²) in [5, 5.41) is 5.67. The Bertz CT molecular complexity index is 1030. The average Bonchev–Trinajstić information content (AvgIpc) is 3.41. The fraction of sp³-hybridized carbons (Fsp3) is 0.391. The maximum atomic E-state index is 13.2. The van der Waals surface area contributed by atoms with Crippen LogP contribution >= 0.6 is 0 Å². The van der Waals surface area contributed by atoms with Gasteiger partial charge in [0.1, 0.15) is 0 Å². The third-order valence-corrected chi connectivity index (χ3v) is 5.85. The molecule has 2 N–H and O–H groups in total. The second-order valence-corrected chi connectivity index (χ2v) is 8.09. The third-order valence-electron chi connectivity index (χ3n) is 5.85. The summed E-state index contributed by atoms with van der Waals surface area (Å²) in [6.45, 7) is 3.51. The second kappa shape index (κ2) is 8.72. The molecule has 2 amide bonds. The molecular weight excluding hydrogens is 421 g/mol. The molecule has 9 heteroatoms. The van der Waals surface area contributed by atoms with E-state index in [4.69, 9.17) is 0 Å². The molecule has 32 heavy (non-hydrogen) atoms. The van der Waals surface area contributed by atoms with Crippen molar-refractivity contribution in [2.24, 2.45) is 0 Å². The van der Waals surface area contributed by atoms with Crippen LogP contribution in [0.4, 0.5) is 35.9 Å². The number of amides is 2. The van der Waals surface area contributed by atoms with E-state index in [9.17, 15) is 22.8 Å². The molecule has 2 aliphatic rings. The molecule has 0 bridgehead atoms. The average molecular weight is 446 g/mol. The Hall–Kier alpha value is -3.23. The predicted molar refractivity (Wildman–Crippen MR) is 118 cm³/mol. The van der Waals surface area contributed by atoms with Gasteiger partial charge in [-0.15, -0.1) is 0 Å². The number of fused-ring (bicyclic) bond motifs is 1. The number of anilines is 4. The summed E-state index contributed by atoms with van der Waals surface area (Å²) in [5.74, 6) is -0.393. The number of hydrogen-bond acceptors (Lipinski definition) is 4. The number of nitrogens with one attached hydrogen (secondary N) is 2. The van der Waals surface area contributed by atoms with Gasteiger partial charge in [0, 0.05) is 37.9 Å². The van der Waals surface area contributed by atoms with Gasteiger partial charge in [0.05, 0.1) is 23.5 Å². The van der Waals surface area contributed by atoms with Gasteiger partial charge in [-0.2, -0.15) is 13.2 Å². The van der Waals surface area contributed by atoms with Crippen LogP contribution in [0.2, 0.25) is 0 Å². The summed E-state index contributed by atoms with van der Waals surface area (Å²) >= 11 is 0. The van der Waals surface area contributed by atoms with Gasteiger partial charge in [0.2, 0.25) is 11.8 Å². The van der Waals surface area contributed by atoms with Crippen LogP contribution < -0.4 is 20.4 Å². The molecule has 0 aromatic heterocycles. The molecule has 2 aromatic carbocycles. The number of nitrogens with zero attached hydrogens (tertiary/aromatic N) is 2. The first-order valence-electron chi connectivity index (χ1n) is 10.6. The van der Waals surface area contributed by atoms with Gasteiger partial charge in [-0.05, 0) is 61.2 Å².